The molecule has 0 aromatic heterocycles. The van der Waals surface area contributed by atoms with Crippen molar-refractivity contribution in [3.63, 3.8) is 0 Å². The summed E-state index contributed by atoms with van der Waals surface area (Å²) in [4.78, 5) is 38.0. The predicted octanol–water partition coefficient (Wildman–Crippen LogP) is 3.84. The van der Waals surface area contributed by atoms with Crippen LogP contribution < -0.4 is 10.2 Å². The summed E-state index contributed by atoms with van der Waals surface area (Å²) >= 11 is 12.0. The van der Waals surface area contributed by atoms with Gasteiger partial charge in [0.2, 0.25) is 5.91 Å². The third-order valence-electron chi connectivity index (χ3n) is 4.38. The Labute approximate surface area is 172 Å². The third-order valence-corrected chi connectivity index (χ3v) is 5.02. The van der Waals surface area contributed by atoms with E-state index in [0.29, 0.717) is 21.4 Å². The number of aryl methyl sites for hydroxylation is 1. The summed E-state index contributed by atoms with van der Waals surface area (Å²) in [5.74, 6) is -1.89. The average molecular weight is 421 g/mol. The van der Waals surface area contributed by atoms with Crippen molar-refractivity contribution in [1.82, 2.24) is 0 Å². The zero-order valence-electron chi connectivity index (χ0n) is 15.1. The number of nitrogens with zero attached hydrogens (tertiary/aromatic N) is 1. The minimum atomic E-state index is -0.631. The maximum absolute atomic E-state index is 12.3. The molecule has 8 heteroatoms. The molecule has 2 amide bonds. The molecule has 3 rings (SSSR count). The van der Waals surface area contributed by atoms with Crippen molar-refractivity contribution in [2.75, 3.05) is 23.4 Å². The number of carbonyl (C=O) groups excluding carboxylic acids is 3. The van der Waals surface area contributed by atoms with E-state index in [0.717, 1.165) is 5.56 Å². The Balaban J connectivity index is 1.53. The van der Waals surface area contributed by atoms with Gasteiger partial charge in [0.05, 0.1) is 5.92 Å². The summed E-state index contributed by atoms with van der Waals surface area (Å²) in [6, 6.07) is 12.0. The quantitative estimate of drug-likeness (QED) is 0.745. The number of hydrogen-bond donors (Lipinski definition) is 1. The second kappa shape index (κ2) is 8.63. The molecule has 0 radical (unpaired) electrons. The number of nitrogens with one attached hydrogen (secondary N) is 1. The van der Waals surface area contributed by atoms with Crippen LogP contribution in [-0.4, -0.2) is 30.9 Å². The second-order valence-electron chi connectivity index (χ2n) is 6.51. The molecule has 1 heterocycles. The Morgan fingerprint density at radius 1 is 1.21 bits per heavy atom. The van der Waals surface area contributed by atoms with Crippen LogP contribution in [0.1, 0.15) is 12.0 Å². The van der Waals surface area contributed by atoms with Crippen LogP contribution in [0.15, 0.2) is 42.5 Å². The maximum Gasteiger partial charge on any atom is 0.311 e. The lowest BCUT2D eigenvalue weighted by Crippen LogP contribution is -2.28. The van der Waals surface area contributed by atoms with E-state index in [1.54, 1.807) is 42.5 Å². The van der Waals surface area contributed by atoms with E-state index < -0.39 is 24.4 Å². The van der Waals surface area contributed by atoms with Gasteiger partial charge in [-0.3, -0.25) is 14.4 Å². The Bertz CT molecular complexity index is 932. The van der Waals surface area contributed by atoms with Crippen LogP contribution in [0.3, 0.4) is 0 Å². The van der Waals surface area contributed by atoms with Crippen molar-refractivity contribution in [2.45, 2.75) is 13.3 Å². The van der Waals surface area contributed by atoms with E-state index >= 15 is 0 Å². The van der Waals surface area contributed by atoms with Gasteiger partial charge in [-0.1, -0.05) is 35.3 Å². The molecule has 1 atom stereocenters. The summed E-state index contributed by atoms with van der Waals surface area (Å²) in [5.41, 5.74) is 2.03. The highest BCUT2D eigenvalue weighted by atomic mass is 35.5. The normalized spacial score (nSPS) is 16.2. The molecule has 2 aromatic rings. The van der Waals surface area contributed by atoms with Crippen LogP contribution in [0.4, 0.5) is 11.4 Å². The molecule has 1 saturated heterocycles. The lowest BCUT2D eigenvalue weighted by molar-refractivity contribution is -0.151. The summed E-state index contributed by atoms with van der Waals surface area (Å²) in [5, 5.41) is 3.64. The number of halogens is 2. The van der Waals surface area contributed by atoms with Gasteiger partial charge < -0.3 is 15.0 Å². The van der Waals surface area contributed by atoms with Gasteiger partial charge in [-0.05, 0) is 42.8 Å². The van der Waals surface area contributed by atoms with Crippen LogP contribution in [-0.2, 0) is 19.1 Å². The van der Waals surface area contributed by atoms with Gasteiger partial charge in [-0.15, -0.1) is 0 Å². The Morgan fingerprint density at radius 2 is 2.00 bits per heavy atom. The molecule has 1 N–H and O–H groups in total. The SMILES string of the molecule is Cc1ccc(NC(=O)COC(=O)[C@@H]2CC(=O)N(c3cccc(Cl)c3)C2)cc1Cl. The number of hydrogen-bond acceptors (Lipinski definition) is 4. The lowest BCUT2D eigenvalue weighted by atomic mass is 10.1. The zero-order chi connectivity index (χ0) is 20.3. The van der Waals surface area contributed by atoms with Gasteiger partial charge >= 0.3 is 5.97 Å². The van der Waals surface area contributed by atoms with Crippen molar-refractivity contribution < 1.29 is 19.1 Å². The number of ether oxygens (including phenoxy) is 1. The topological polar surface area (TPSA) is 75.7 Å². The fraction of sp³-hybridized carbons (Fsp3) is 0.250. The van der Waals surface area contributed by atoms with Crippen LogP contribution in [0.5, 0.6) is 0 Å². The van der Waals surface area contributed by atoms with Gasteiger partial charge in [0, 0.05) is 34.4 Å². The molecule has 0 saturated carbocycles. The van der Waals surface area contributed by atoms with Crippen molar-refractivity contribution in [2.24, 2.45) is 5.92 Å². The van der Waals surface area contributed by atoms with E-state index in [4.69, 9.17) is 27.9 Å². The second-order valence-corrected chi connectivity index (χ2v) is 7.35. The van der Waals surface area contributed by atoms with Crippen molar-refractivity contribution >= 4 is 52.4 Å². The van der Waals surface area contributed by atoms with E-state index in [1.165, 1.54) is 4.90 Å². The molecule has 0 aliphatic carbocycles. The monoisotopic (exact) mass is 420 g/mol. The minimum Gasteiger partial charge on any atom is -0.455 e. The molecule has 0 bridgehead atoms. The smallest absolute Gasteiger partial charge is 0.311 e. The number of esters is 1. The van der Waals surface area contributed by atoms with Gasteiger partial charge in [-0.25, -0.2) is 0 Å². The first kappa shape index (κ1) is 20.2. The fourth-order valence-corrected chi connectivity index (χ4v) is 3.25. The molecule has 1 aliphatic heterocycles. The zero-order valence-corrected chi connectivity index (χ0v) is 16.6. The summed E-state index contributed by atoms with van der Waals surface area (Å²) < 4.78 is 5.08. The van der Waals surface area contributed by atoms with Crippen LogP contribution >= 0.6 is 23.2 Å². The maximum atomic E-state index is 12.3. The predicted molar refractivity (Wildman–Crippen MR) is 108 cm³/mol. The Kier molecular flexibility index (Phi) is 6.21. The summed E-state index contributed by atoms with van der Waals surface area (Å²) in [7, 11) is 0. The van der Waals surface area contributed by atoms with E-state index in [-0.39, 0.29) is 18.9 Å². The molecular formula is C20H18Cl2N2O4. The molecule has 1 fully saturated rings. The van der Waals surface area contributed by atoms with E-state index in [1.807, 2.05) is 6.92 Å². The van der Waals surface area contributed by atoms with Crippen molar-refractivity contribution in [1.29, 1.82) is 0 Å². The highest BCUT2D eigenvalue weighted by molar-refractivity contribution is 6.31. The molecule has 6 nitrogen and oxygen atoms in total. The van der Waals surface area contributed by atoms with Crippen LogP contribution in [0.2, 0.25) is 10.0 Å². The van der Waals surface area contributed by atoms with E-state index in [2.05, 4.69) is 5.32 Å². The van der Waals surface area contributed by atoms with Gasteiger partial charge in [0.15, 0.2) is 6.61 Å². The highest BCUT2D eigenvalue weighted by Crippen LogP contribution is 2.27. The molecule has 28 heavy (non-hydrogen) atoms. The fourth-order valence-electron chi connectivity index (χ4n) is 2.88. The lowest BCUT2D eigenvalue weighted by Gasteiger charge is -2.16. The number of carbonyl (C=O) groups is 3. The number of rotatable bonds is 5. The molecule has 2 aromatic carbocycles. The number of benzene rings is 2. The van der Waals surface area contributed by atoms with E-state index in [9.17, 15) is 14.4 Å². The largest absolute Gasteiger partial charge is 0.455 e. The third kappa shape index (κ3) is 4.82. The first-order valence-electron chi connectivity index (χ1n) is 8.62. The molecule has 0 unspecified atom stereocenters. The average Bonchev–Trinajstić information content (AvgIpc) is 3.05. The summed E-state index contributed by atoms with van der Waals surface area (Å²) in [6.45, 7) is 1.60. The highest BCUT2D eigenvalue weighted by Gasteiger charge is 2.36. The molecule has 146 valence electrons. The minimum absolute atomic E-state index is 0.0283. The Hall–Kier alpha value is -2.57. The number of amides is 2. The number of anilines is 2. The van der Waals surface area contributed by atoms with Crippen LogP contribution in [0.25, 0.3) is 0 Å². The molecular weight excluding hydrogens is 403 g/mol. The van der Waals surface area contributed by atoms with Gasteiger partial charge in [0.25, 0.3) is 5.91 Å². The van der Waals surface area contributed by atoms with Crippen molar-refractivity contribution in [3.8, 4) is 0 Å². The summed E-state index contributed by atoms with van der Waals surface area (Å²) in [6.07, 6.45) is 0.0283. The first-order valence-corrected chi connectivity index (χ1v) is 9.37. The van der Waals surface area contributed by atoms with Gasteiger partial charge in [-0.2, -0.15) is 0 Å². The molecule has 1 aliphatic rings. The van der Waals surface area contributed by atoms with Gasteiger partial charge in [0.1, 0.15) is 0 Å². The standard InChI is InChI=1S/C20H18Cl2N2O4/c1-12-5-6-15(9-17(12)22)23-18(25)11-28-20(27)13-7-19(26)24(10-13)16-4-2-3-14(21)8-16/h2-6,8-9,13H,7,10-11H2,1H3,(H,23,25)/t13-/m1/s1. The van der Waals surface area contributed by atoms with Crippen LogP contribution in [0, 0.1) is 12.8 Å². The Morgan fingerprint density at radius 3 is 2.71 bits per heavy atom. The van der Waals surface area contributed by atoms with Crippen molar-refractivity contribution in [3.05, 3.63) is 58.1 Å². The first-order chi connectivity index (χ1) is 13.3. The molecule has 0 spiro atoms.